The standard InChI is InChI=1S/C24H24F3N3O/c1-15-7-2-4-11-20(15)30-23(31)19-14-22(29-21-12-5-3-10-18(19)21)28-17-9-6-8-16(13-17)24(25,26)27/h3,5-6,8-10,12-15,20H,2,4,7,11H2,1H3,(H,28,29)(H,30,31)/t15-,20+/m1/s1. The third kappa shape index (κ3) is 4.81. The summed E-state index contributed by atoms with van der Waals surface area (Å²) in [5, 5.41) is 6.79. The van der Waals surface area contributed by atoms with Crippen LogP contribution in [-0.2, 0) is 6.18 Å². The molecule has 1 heterocycles. The number of hydrogen-bond donors (Lipinski definition) is 2. The maximum absolute atomic E-state index is 13.1. The first-order chi connectivity index (χ1) is 14.8. The molecule has 7 heteroatoms. The number of pyridine rings is 1. The molecular weight excluding hydrogens is 403 g/mol. The second kappa shape index (κ2) is 8.57. The first kappa shape index (κ1) is 21.2. The summed E-state index contributed by atoms with van der Waals surface area (Å²) in [6, 6.07) is 13.9. The molecule has 0 spiro atoms. The van der Waals surface area contributed by atoms with Crippen LogP contribution >= 0.6 is 0 Å². The number of nitrogens with one attached hydrogen (secondary N) is 2. The van der Waals surface area contributed by atoms with Crippen molar-refractivity contribution in [3.05, 3.63) is 65.7 Å². The lowest BCUT2D eigenvalue weighted by atomic mass is 9.86. The molecular formula is C24H24F3N3O. The molecule has 2 atom stereocenters. The van der Waals surface area contributed by atoms with Gasteiger partial charge in [-0.1, -0.05) is 44.0 Å². The molecule has 3 aromatic rings. The fourth-order valence-corrected chi connectivity index (χ4v) is 4.13. The average molecular weight is 427 g/mol. The van der Waals surface area contributed by atoms with Gasteiger partial charge < -0.3 is 10.6 Å². The molecule has 162 valence electrons. The van der Waals surface area contributed by atoms with E-state index in [-0.39, 0.29) is 17.6 Å². The van der Waals surface area contributed by atoms with Crippen molar-refractivity contribution in [2.45, 2.75) is 44.8 Å². The van der Waals surface area contributed by atoms with Crippen LogP contribution in [0.5, 0.6) is 0 Å². The van der Waals surface area contributed by atoms with E-state index in [0.29, 0.717) is 28.2 Å². The smallest absolute Gasteiger partial charge is 0.349 e. The highest BCUT2D eigenvalue weighted by Gasteiger charge is 2.30. The van der Waals surface area contributed by atoms with E-state index in [4.69, 9.17) is 0 Å². The molecule has 0 aliphatic heterocycles. The molecule has 1 fully saturated rings. The van der Waals surface area contributed by atoms with Crippen molar-refractivity contribution in [1.29, 1.82) is 0 Å². The summed E-state index contributed by atoms with van der Waals surface area (Å²) in [5.74, 6) is 0.540. The summed E-state index contributed by atoms with van der Waals surface area (Å²) in [4.78, 5) is 17.6. The molecule has 4 rings (SSSR count). The first-order valence-corrected chi connectivity index (χ1v) is 10.5. The van der Waals surface area contributed by atoms with Crippen molar-refractivity contribution >= 4 is 28.3 Å². The van der Waals surface area contributed by atoms with Crippen LogP contribution in [0.2, 0.25) is 0 Å². The van der Waals surface area contributed by atoms with Crippen LogP contribution in [0.25, 0.3) is 10.9 Å². The number of amides is 1. The lowest BCUT2D eigenvalue weighted by Crippen LogP contribution is -2.41. The van der Waals surface area contributed by atoms with Crippen LogP contribution in [0.1, 0.15) is 48.5 Å². The Morgan fingerprint density at radius 1 is 1.03 bits per heavy atom. The van der Waals surface area contributed by atoms with Crippen LogP contribution < -0.4 is 10.6 Å². The summed E-state index contributed by atoms with van der Waals surface area (Å²) in [7, 11) is 0. The van der Waals surface area contributed by atoms with Gasteiger partial charge in [-0.15, -0.1) is 0 Å². The molecule has 31 heavy (non-hydrogen) atoms. The highest BCUT2D eigenvalue weighted by molar-refractivity contribution is 6.07. The van der Waals surface area contributed by atoms with Crippen molar-refractivity contribution in [2.24, 2.45) is 5.92 Å². The normalized spacial score (nSPS) is 19.2. The van der Waals surface area contributed by atoms with E-state index in [0.717, 1.165) is 31.4 Å². The van der Waals surface area contributed by atoms with Gasteiger partial charge in [0.25, 0.3) is 5.91 Å². The van der Waals surface area contributed by atoms with Crippen LogP contribution in [-0.4, -0.2) is 16.9 Å². The van der Waals surface area contributed by atoms with Crippen molar-refractivity contribution in [3.8, 4) is 0 Å². The van der Waals surface area contributed by atoms with E-state index >= 15 is 0 Å². The van der Waals surface area contributed by atoms with Gasteiger partial charge in [-0.2, -0.15) is 13.2 Å². The number of halogens is 3. The Labute approximate surface area is 178 Å². The monoisotopic (exact) mass is 427 g/mol. The largest absolute Gasteiger partial charge is 0.416 e. The molecule has 0 unspecified atom stereocenters. The Morgan fingerprint density at radius 2 is 1.81 bits per heavy atom. The number of rotatable bonds is 4. The number of aromatic nitrogens is 1. The zero-order valence-electron chi connectivity index (χ0n) is 17.2. The number of hydrogen-bond acceptors (Lipinski definition) is 3. The molecule has 1 saturated carbocycles. The highest BCUT2D eigenvalue weighted by atomic mass is 19.4. The third-order valence-corrected chi connectivity index (χ3v) is 5.85. The number of nitrogens with zero attached hydrogens (tertiary/aromatic N) is 1. The number of anilines is 2. The highest BCUT2D eigenvalue weighted by Crippen LogP contribution is 2.32. The van der Waals surface area contributed by atoms with Crippen LogP contribution in [0, 0.1) is 5.92 Å². The van der Waals surface area contributed by atoms with Crippen LogP contribution in [0.3, 0.4) is 0 Å². The predicted molar refractivity (Wildman–Crippen MR) is 115 cm³/mol. The number of carbonyl (C=O) groups excluding carboxylic acids is 1. The van der Waals surface area contributed by atoms with Gasteiger partial charge in [-0.25, -0.2) is 4.98 Å². The number of alkyl halides is 3. The van der Waals surface area contributed by atoms with Crippen molar-refractivity contribution < 1.29 is 18.0 Å². The zero-order chi connectivity index (χ0) is 22.0. The second-order valence-electron chi connectivity index (χ2n) is 8.12. The zero-order valence-corrected chi connectivity index (χ0v) is 17.2. The number of benzene rings is 2. The Balaban J connectivity index is 1.66. The van der Waals surface area contributed by atoms with Gasteiger partial charge in [-0.3, -0.25) is 4.79 Å². The minimum Gasteiger partial charge on any atom is -0.349 e. The van der Waals surface area contributed by atoms with Gasteiger partial charge in [0.1, 0.15) is 5.82 Å². The summed E-state index contributed by atoms with van der Waals surface area (Å²) in [6.07, 6.45) is -0.128. The van der Waals surface area contributed by atoms with Crippen molar-refractivity contribution in [2.75, 3.05) is 5.32 Å². The fourth-order valence-electron chi connectivity index (χ4n) is 4.13. The molecule has 1 aromatic heterocycles. The van der Waals surface area contributed by atoms with E-state index in [1.54, 1.807) is 12.1 Å². The third-order valence-electron chi connectivity index (χ3n) is 5.85. The van der Waals surface area contributed by atoms with Crippen LogP contribution in [0.15, 0.2) is 54.6 Å². The van der Waals surface area contributed by atoms with E-state index in [1.807, 2.05) is 18.2 Å². The number of fused-ring (bicyclic) bond motifs is 1. The molecule has 1 aliphatic rings. The number of carbonyl (C=O) groups is 1. The molecule has 0 bridgehead atoms. The minimum atomic E-state index is -4.43. The van der Waals surface area contributed by atoms with Crippen LogP contribution in [0.4, 0.5) is 24.7 Å². The second-order valence-corrected chi connectivity index (χ2v) is 8.12. The van der Waals surface area contributed by atoms with Crippen molar-refractivity contribution in [3.63, 3.8) is 0 Å². The summed E-state index contributed by atoms with van der Waals surface area (Å²) < 4.78 is 39.1. The number of para-hydroxylation sites is 1. The molecule has 0 saturated heterocycles. The Morgan fingerprint density at radius 3 is 2.58 bits per heavy atom. The quantitative estimate of drug-likeness (QED) is 0.513. The van der Waals surface area contributed by atoms with Gasteiger partial charge in [0.05, 0.1) is 16.6 Å². The van der Waals surface area contributed by atoms with Gasteiger partial charge in [0, 0.05) is 17.1 Å². The van der Waals surface area contributed by atoms with Gasteiger partial charge >= 0.3 is 6.18 Å². The maximum atomic E-state index is 13.1. The molecule has 2 N–H and O–H groups in total. The topological polar surface area (TPSA) is 54.0 Å². The summed E-state index contributed by atoms with van der Waals surface area (Å²) in [6.45, 7) is 2.15. The Hall–Kier alpha value is -3.09. The Kier molecular flexibility index (Phi) is 5.85. The minimum absolute atomic E-state index is 0.119. The maximum Gasteiger partial charge on any atom is 0.416 e. The first-order valence-electron chi connectivity index (χ1n) is 10.5. The predicted octanol–water partition coefficient (Wildman–Crippen LogP) is 6.31. The molecule has 1 amide bonds. The van der Waals surface area contributed by atoms with Gasteiger partial charge in [0.15, 0.2) is 0 Å². The van der Waals surface area contributed by atoms with E-state index < -0.39 is 11.7 Å². The van der Waals surface area contributed by atoms with E-state index in [1.165, 1.54) is 18.6 Å². The Bertz CT molecular complexity index is 1100. The molecule has 4 nitrogen and oxygen atoms in total. The van der Waals surface area contributed by atoms with E-state index in [2.05, 4.69) is 22.5 Å². The van der Waals surface area contributed by atoms with Gasteiger partial charge in [0.2, 0.25) is 0 Å². The van der Waals surface area contributed by atoms with Crippen molar-refractivity contribution in [1.82, 2.24) is 10.3 Å². The molecule has 1 aliphatic carbocycles. The summed E-state index contributed by atoms with van der Waals surface area (Å²) in [5.41, 5.74) is 0.562. The fraction of sp³-hybridized carbons (Fsp3) is 0.333. The molecule has 2 aromatic carbocycles. The molecule has 0 radical (unpaired) electrons. The average Bonchev–Trinajstić information content (AvgIpc) is 2.74. The lowest BCUT2D eigenvalue weighted by molar-refractivity contribution is -0.137. The lowest BCUT2D eigenvalue weighted by Gasteiger charge is -2.29. The summed E-state index contributed by atoms with van der Waals surface area (Å²) >= 11 is 0. The van der Waals surface area contributed by atoms with E-state index in [9.17, 15) is 18.0 Å². The SMILES string of the molecule is C[C@@H]1CCCC[C@@H]1NC(=O)c1cc(Nc2cccc(C(F)(F)F)c2)nc2ccccc12. The van der Waals surface area contributed by atoms with Gasteiger partial charge in [-0.05, 0) is 49.1 Å².